The van der Waals surface area contributed by atoms with E-state index in [1.807, 2.05) is 36.9 Å². The predicted octanol–water partition coefficient (Wildman–Crippen LogP) is 2.52. The number of carbonyl (C=O) groups is 1. The zero-order valence-corrected chi connectivity index (χ0v) is 16.8. The number of piperazine rings is 1. The molecule has 148 valence electrons. The highest BCUT2D eigenvalue weighted by molar-refractivity contribution is 5.94. The topological polar surface area (TPSA) is 61.4 Å². The Morgan fingerprint density at radius 1 is 1.04 bits per heavy atom. The molecule has 3 heterocycles. The maximum absolute atomic E-state index is 12.9. The van der Waals surface area contributed by atoms with Gasteiger partial charge in [-0.25, -0.2) is 9.97 Å². The first-order chi connectivity index (χ1) is 13.6. The second-order valence-corrected chi connectivity index (χ2v) is 7.90. The summed E-state index contributed by atoms with van der Waals surface area (Å²) in [5, 5.41) is 3.46. The first-order valence-electron chi connectivity index (χ1n) is 10.3. The van der Waals surface area contributed by atoms with Crippen molar-refractivity contribution in [3.8, 4) is 0 Å². The second-order valence-electron chi connectivity index (χ2n) is 7.90. The molecule has 1 unspecified atom stereocenters. The summed E-state index contributed by atoms with van der Waals surface area (Å²) < 4.78 is 0. The van der Waals surface area contributed by atoms with Crippen molar-refractivity contribution < 1.29 is 4.79 Å². The fraction of sp³-hybridized carbons (Fsp3) is 0.500. The summed E-state index contributed by atoms with van der Waals surface area (Å²) >= 11 is 0. The Balaban J connectivity index is 1.37. The van der Waals surface area contributed by atoms with Gasteiger partial charge in [0.2, 0.25) is 5.95 Å². The predicted molar refractivity (Wildman–Crippen MR) is 111 cm³/mol. The van der Waals surface area contributed by atoms with Crippen molar-refractivity contribution >= 4 is 11.9 Å². The largest absolute Gasteiger partial charge is 0.337 e. The Morgan fingerprint density at radius 2 is 1.71 bits per heavy atom. The maximum Gasteiger partial charge on any atom is 0.253 e. The third-order valence-corrected chi connectivity index (χ3v) is 5.75. The van der Waals surface area contributed by atoms with Gasteiger partial charge in [0.05, 0.1) is 0 Å². The highest BCUT2D eigenvalue weighted by atomic mass is 16.2. The number of hydrogen-bond donors (Lipinski definition) is 1. The molecule has 0 aliphatic carbocycles. The van der Waals surface area contributed by atoms with Gasteiger partial charge < -0.3 is 15.1 Å². The average molecular weight is 380 g/mol. The van der Waals surface area contributed by atoms with Crippen LogP contribution in [-0.4, -0.2) is 60.0 Å². The number of aryl methyl sites for hydroxylation is 2. The number of nitrogens with zero attached hydrogens (tertiary/aromatic N) is 4. The van der Waals surface area contributed by atoms with Crippen molar-refractivity contribution in [1.82, 2.24) is 20.2 Å². The Labute approximate surface area is 167 Å². The molecule has 1 amide bonds. The lowest BCUT2D eigenvalue weighted by atomic mass is 9.91. The fourth-order valence-electron chi connectivity index (χ4n) is 4.18. The van der Waals surface area contributed by atoms with Gasteiger partial charge in [-0.15, -0.1) is 0 Å². The first-order valence-corrected chi connectivity index (χ1v) is 10.3. The van der Waals surface area contributed by atoms with E-state index in [4.69, 9.17) is 0 Å². The van der Waals surface area contributed by atoms with E-state index in [1.54, 1.807) is 0 Å². The molecular formula is C22H29N5O. The van der Waals surface area contributed by atoms with Gasteiger partial charge in [-0.1, -0.05) is 12.1 Å². The number of nitrogens with one attached hydrogen (secondary N) is 1. The van der Waals surface area contributed by atoms with Crippen LogP contribution in [0.15, 0.2) is 30.3 Å². The second kappa shape index (κ2) is 8.27. The molecule has 0 radical (unpaired) electrons. The summed E-state index contributed by atoms with van der Waals surface area (Å²) in [5.74, 6) is 1.46. The minimum Gasteiger partial charge on any atom is -0.337 e. The smallest absolute Gasteiger partial charge is 0.253 e. The van der Waals surface area contributed by atoms with Crippen LogP contribution in [0, 0.1) is 13.8 Å². The monoisotopic (exact) mass is 379 g/mol. The van der Waals surface area contributed by atoms with Gasteiger partial charge in [-0.05, 0) is 62.9 Å². The molecule has 1 atom stereocenters. The number of amides is 1. The number of benzene rings is 1. The van der Waals surface area contributed by atoms with Crippen LogP contribution in [0.2, 0.25) is 0 Å². The highest BCUT2D eigenvalue weighted by Crippen LogP contribution is 2.24. The van der Waals surface area contributed by atoms with E-state index in [1.165, 1.54) is 18.4 Å². The molecule has 28 heavy (non-hydrogen) atoms. The maximum atomic E-state index is 12.9. The van der Waals surface area contributed by atoms with Crippen LogP contribution >= 0.6 is 0 Å². The Morgan fingerprint density at radius 3 is 2.32 bits per heavy atom. The normalized spacial score (nSPS) is 20.3. The standard InChI is InChI=1S/C22H29N5O/c1-16-14-17(2)25-22(24-16)27-12-10-26(11-13-27)21(28)19-7-5-18(6-8-19)20-4-3-9-23-15-20/h5-8,14,20,23H,3-4,9-13,15H2,1-2H3. The molecule has 1 N–H and O–H groups in total. The molecular weight excluding hydrogens is 350 g/mol. The summed E-state index contributed by atoms with van der Waals surface area (Å²) in [4.78, 5) is 26.1. The van der Waals surface area contributed by atoms with Crippen molar-refractivity contribution in [2.24, 2.45) is 0 Å². The van der Waals surface area contributed by atoms with Crippen molar-refractivity contribution in [3.63, 3.8) is 0 Å². The molecule has 6 nitrogen and oxygen atoms in total. The first kappa shape index (κ1) is 18.9. The quantitative estimate of drug-likeness (QED) is 0.888. The van der Waals surface area contributed by atoms with Crippen LogP contribution < -0.4 is 10.2 Å². The molecule has 4 rings (SSSR count). The third kappa shape index (κ3) is 4.17. The van der Waals surface area contributed by atoms with Gasteiger partial charge in [0.25, 0.3) is 5.91 Å². The number of anilines is 1. The molecule has 2 saturated heterocycles. The van der Waals surface area contributed by atoms with E-state index in [9.17, 15) is 4.79 Å². The van der Waals surface area contributed by atoms with E-state index in [0.29, 0.717) is 19.0 Å². The Hall–Kier alpha value is -2.47. The fourth-order valence-corrected chi connectivity index (χ4v) is 4.18. The van der Waals surface area contributed by atoms with Crippen LogP contribution in [0.3, 0.4) is 0 Å². The summed E-state index contributed by atoms with van der Waals surface area (Å²) in [6.07, 6.45) is 2.45. The highest BCUT2D eigenvalue weighted by Gasteiger charge is 2.24. The van der Waals surface area contributed by atoms with Crippen LogP contribution in [0.25, 0.3) is 0 Å². The van der Waals surface area contributed by atoms with E-state index in [2.05, 4.69) is 32.3 Å². The number of piperidine rings is 1. The number of aromatic nitrogens is 2. The lowest BCUT2D eigenvalue weighted by Gasteiger charge is -2.35. The molecule has 2 fully saturated rings. The molecule has 0 saturated carbocycles. The summed E-state index contributed by atoms with van der Waals surface area (Å²) in [7, 11) is 0. The number of hydrogen-bond acceptors (Lipinski definition) is 5. The molecule has 0 bridgehead atoms. The number of rotatable bonds is 3. The van der Waals surface area contributed by atoms with E-state index >= 15 is 0 Å². The average Bonchev–Trinajstić information content (AvgIpc) is 2.73. The zero-order valence-electron chi connectivity index (χ0n) is 16.8. The van der Waals surface area contributed by atoms with Gasteiger partial charge in [-0.2, -0.15) is 0 Å². The zero-order chi connectivity index (χ0) is 19.5. The van der Waals surface area contributed by atoms with Gasteiger partial charge in [0.1, 0.15) is 0 Å². The van der Waals surface area contributed by atoms with Crippen molar-refractivity contribution in [3.05, 3.63) is 52.8 Å². The molecule has 6 heteroatoms. The van der Waals surface area contributed by atoms with E-state index in [-0.39, 0.29) is 5.91 Å². The SMILES string of the molecule is Cc1cc(C)nc(N2CCN(C(=O)c3ccc(C4CCCNC4)cc3)CC2)n1. The number of carbonyl (C=O) groups excluding carboxylic acids is 1. The van der Waals surface area contributed by atoms with Crippen molar-refractivity contribution in [2.75, 3.05) is 44.2 Å². The molecule has 0 spiro atoms. The minimum atomic E-state index is 0.120. The van der Waals surface area contributed by atoms with Crippen molar-refractivity contribution in [2.45, 2.75) is 32.6 Å². The Bertz CT molecular complexity index is 801. The van der Waals surface area contributed by atoms with Gasteiger partial charge in [-0.3, -0.25) is 4.79 Å². The summed E-state index contributed by atoms with van der Waals surface area (Å²) in [6.45, 7) is 9.06. The minimum absolute atomic E-state index is 0.120. The van der Waals surface area contributed by atoms with Crippen LogP contribution in [0.5, 0.6) is 0 Å². The Kier molecular flexibility index (Phi) is 5.57. The molecule has 2 aliphatic heterocycles. The molecule has 1 aromatic carbocycles. The molecule has 1 aromatic heterocycles. The molecule has 2 aromatic rings. The van der Waals surface area contributed by atoms with Gasteiger partial charge in [0.15, 0.2) is 0 Å². The summed E-state index contributed by atoms with van der Waals surface area (Å²) in [5.41, 5.74) is 4.08. The van der Waals surface area contributed by atoms with Crippen LogP contribution in [-0.2, 0) is 0 Å². The third-order valence-electron chi connectivity index (χ3n) is 5.75. The lowest BCUT2D eigenvalue weighted by Crippen LogP contribution is -2.49. The molecule has 2 aliphatic rings. The van der Waals surface area contributed by atoms with Crippen LogP contribution in [0.4, 0.5) is 5.95 Å². The van der Waals surface area contributed by atoms with Crippen molar-refractivity contribution in [1.29, 1.82) is 0 Å². The summed E-state index contributed by atoms with van der Waals surface area (Å²) in [6, 6.07) is 10.2. The van der Waals surface area contributed by atoms with Gasteiger partial charge >= 0.3 is 0 Å². The van der Waals surface area contributed by atoms with Gasteiger partial charge in [0, 0.05) is 49.7 Å². The van der Waals surface area contributed by atoms with E-state index in [0.717, 1.165) is 49.1 Å². The van der Waals surface area contributed by atoms with E-state index < -0.39 is 0 Å². The lowest BCUT2D eigenvalue weighted by molar-refractivity contribution is 0.0746. The van der Waals surface area contributed by atoms with Crippen LogP contribution in [0.1, 0.15) is 46.1 Å².